The Morgan fingerprint density at radius 2 is 1.88 bits per heavy atom. The van der Waals surface area contributed by atoms with Gasteiger partial charge in [-0.15, -0.1) is 0 Å². The zero-order chi connectivity index (χ0) is 23.4. The standard InChI is InChI=1S/C22H28N6O4S/c1-31-19-12-17-18(13-20(19)32-2)26-21(16-4-3-8-24-14-16)27-22(17)28-10-6-15(7-11-28)5-9-25-33(23,29)30/h3-4,8,12-15,25H,5-7,9-11H2,1-2H3,(H2,23,29,30). The molecule has 3 heterocycles. The minimum Gasteiger partial charge on any atom is -0.493 e. The summed E-state index contributed by atoms with van der Waals surface area (Å²) in [5.74, 6) is 3.06. The number of pyridine rings is 1. The average Bonchev–Trinajstić information content (AvgIpc) is 2.82. The summed E-state index contributed by atoms with van der Waals surface area (Å²) >= 11 is 0. The Morgan fingerprint density at radius 3 is 2.52 bits per heavy atom. The molecule has 1 aliphatic heterocycles. The molecule has 0 aliphatic carbocycles. The lowest BCUT2D eigenvalue weighted by molar-refractivity contribution is 0.355. The Morgan fingerprint density at radius 1 is 1.15 bits per heavy atom. The van der Waals surface area contributed by atoms with Crippen LogP contribution in [0.1, 0.15) is 19.3 Å². The van der Waals surface area contributed by atoms with Gasteiger partial charge in [-0.05, 0) is 43.4 Å². The number of aromatic nitrogens is 3. The number of anilines is 1. The highest BCUT2D eigenvalue weighted by molar-refractivity contribution is 7.87. The molecule has 0 bridgehead atoms. The summed E-state index contributed by atoms with van der Waals surface area (Å²) in [4.78, 5) is 16.1. The first-order valence-corrected chi connectivity index (χ1v) is 12.3. The van der Waals surface area contributed by atoms with Crippen LogP contribution >= 0.6 is 0 Å². The van der Waals surface area contributed by atoms with Crippen LogP contribution in [0.25, 0.3) is 22.3 Å². The number of nitrogens with one attached hydrogen (secondary N) is 1. The van der Waals surface area contributed by atoms with Gasteiger partial charge < -0.3 is 14.4 Å². The molecule has 0 spiro atoms. The summed E-state index contributed by atoms with van der Waals surface area (Å²) in [6.07, 6.45) is 6.06. The number of rotatable bonds is 8. The molecule has 1 aliphatic rings. The van der Waals surface area contributed by atoms with E-state index >= 15 is 0 Å². The second-order valence-corrected chi connectivity index (χ2v) is 9.37. The van der Waals surface area contributed by atoms with Crippen LogP contribution in [0.2, 0.25) is 0 Å². The fourth-order valence-corrected chi connectivity index (χ4v) is 4.55. The summed E-state index contributed by atoms with van der Waals surface area (Å²) in [5, 5.41) is 5.91. The molecule has 0 saturated carbocycles. The SMILES string of the molecule is COc1cc2nc(-c3cccnc3)nc(N3CCC(CCNS(N)(=O)=O)CC3)c2cc1OC. The molecule has 0 atom stereocenters. The summed E-state index contributed by atoms with van der Waals surface area (Å²) in [6.45, 7) is 1.95. The number of methoxy groups -OCH3 is 2. The van der Waals surface area contributed by atoms with E-state index in [9.17, 15) is 8.42 Å². The maximum absolute atomic E-state index is 11.1. The number of nitrogens with zero attached hydrogens (tertiary/aromatic N) is 4. The van der Waals surface area contributed by atoms with Crippen LogP contribution < -0.4 is 24.2 Å². The van der Waals surface area contributed by atoms with E-state index in [4.69, 9.17) is 24.6 Å². The number of hydrogen-bond acceptors (Lipinski definition) is 8. The Balaban J connectivity index is 1.64. The van der Waals surface area contributed by atoms with Crippen LogP contribution in [0, 0.1) is 5.92 Å². The Labute approximate surface area is 193 Å². The van der Waals surface area contributed by atoms with Gasteiger partial charge in [-0.1, -0.05) is 0 Å². The van der Waals surface area contributed by atoms with Crippen molar-refractivity contribution >= 4 is 26.9 Å². The topological polar surface area (TPSA) is 133 Å². The Kier molecular flexibility index (Phi) is 6.91. The van der Waals surface area contributed by atoms with E-state index in [0.717, 1.165) is 54.6 Å². The zero-order valence-electron chi connectivity index (χ0n) is 18.7. The van der Waals surface area contributed by atoms with E-state index in [2.05, 4.69) is 14.6 Å². The van der Waals surface area contributed by atoms with Gasteiger partial charge >= 0.3 is 0 Å². The predicted molar refractivity (Wildman–Crippen MR) is 127 cm³/mol. The van der Waals surface area contributed by atoms with Crippen molar-refractivity contribution in [3.8, 4) is 22.9 Å². The van der Waals surface area contributed by atoms with Gasteiger partial charge in [0.05, 0.1) is 19.7 Å². The molecule has 0 radical (unpaired) electrons. The summed E-state index contributed by atoms with van der Waals surface area (Å²) in [5.41, 5.74) is 1.59. The highest BCUT2D eigenvalue weighted by Gasteiger charge is 2.24. The molecule has 2 aromatic heterocycles. The van der Waals surface area contributed by atoms with Gasteiger partial charge in [-0.3, -0.25) is 4.98 Å². The lowest BCUT2D eigenvalue weighted by Gasteiger charge is -2.33. The number of hydrogen-bond donors (Lipinski definition) is 2. The number of ether oxygens (including phenoxy) is 2. The third-order valence-corrected chi connectivity index (χ3v) is 6.48. The minimum absolute atomic E-state index is 0.349. The number of piperidine rings is 1. The van der Waals surface area contributed by atoms with E-state index in [-0.39, 0.29) is 0 Å². The maximum Gasteiger partial charge on any atom is 0.274 e. The first-order valence-electron chi connectivity index (χ1n) is 10.7. The third kappa shape index (κ3) is 5.49. The number of nitrogens with two attached hydrogens (primary N) is 1. The first kappa shape index (κ1) is 23.1. The van der Waals surface area contributed by atoms with Crippen molar-refractivity contribution in [2.45, 2.75) is 19.3 Å². The van der Waals surface area contributed by atoms with Gasteiger partial charge in [0.2, 0.25) is 0 Å². The summed E-state index contributed by atoms with van der Waals surface area (Å²) in [6, 6.07) is 7.57. The van der Waals surface area contributed by atoms with Gasteiger partial charge in [-0.2, -0.15) is 8.42 Å². The van der Waals surface area contributed by atoms with Crippen molar-refractivity contribution in [2.75, 3.05) is 38.8 Å². The van der Waals surface area contributed by atoms with Crippen LogP contribution in [-0.2, 0) is 10.2 Å². The molecule has 33 heavy (non-hydrogen) atoms. The molecule has 1 saturated heterocycles. The molecule has 1 aromatic carbocycles. The third-order valence-electron chi connectivity index (χ3n) is 5.87. The molecule has 4 rings (SSSR count). The van der Waals surface area contributed by atoms with Crippen molar-refractivity contribution in [2.24, 2.45) is 11.1 Å². The van der Waals surface area contributed by atoms with Crippen molar-refractivity contribution in [3.63, 3.8) is 0 Å². The van der Waals surface area contributed by atoms with Crippen molar-refractivity contribution in [1.29, 1.82) is 0 Å². The van der Waals surface area contributed by atoms with E-state index in [1.54, 1.807) is 26.6 Å². The molecule has 3 aromatic rings. The quantitative estimate of drug-likeness (QED) is 0.509. The van der Waals surface area contributed by atoms with E-state index in [0.29, 0.717) is 29.8 Å². The number of fused-ring (bicyclic) bond motifs is 1. The van der Waals surface area contributed by atoms with Crippen LogP contribution in [0.4, 0.5) is 5.82 Å². The molecule has 176 valence electrons. The minimum atomic E-state index is -3.65. The predicted octanol–water partition coefficient (Wildman–Crippen LogP) is 2.11. The van der Waals surface area contributed by atoms with Crippen LogP contribution in [-0.4, -0.2) is 57.2 Å². The van der Waals surface area contributed by atoms with Gasteiger partial charge in [0.15, 0.2) is 17.3 Å². The second-order valence-electron chi connectivity index (χ2n) is 8.00. The fraction of sp³-hybridized carbons (Fsp3) is 0.409. The monoisotopic (exact) mass is 472 g/mol. The van der Waals surface area contributed by atoms with Crippen LogP contribution in [0.15, 0.2) is 36.7 Å². The maximum atomic E-state index is 11.1. The van der Waals surface area contributed by atoms with Gasteiger partial charge in [0, 0.05) is 49.0 Å². The van der Waals surface area contributed by atoms with Crippen LogP contribution in [0.3, 0.4) is 0 Å². The molecule has 0 amide bonds. The van der Waals surface area contributed by atoms with E-state index in [1.165, 1.54) is 0 Å². The smallest absolute Gasteiger partial charge is 0.274 e. The lowest BCUT2D eigenvalue weighted by Crippen LogP contribution is -2.37. The van der Waals surface area contributed by atoms with Gasteiger partial charge in [0.1, 0.15) is 5.82 Å². The molecular weight excluding hydrogens is 444 g/mol. The van der Waals surface area contributed by atoms with Crippen LogP contribution in [0.5, 0.6) is 11.5 Å². The molecule has 1 fully saturated rings. The van der Waals surface area contributed by atoms with Gasteiger partial charge in [-0.25, -0.2) is 19.8 Å². The summed E-state index contributed by atoms with van der Waals surface area (Å²) in [7, 11) is -0.444. The fourth-order valence-electron chi connectivity index (χ4n) is 4.14. The number of benzene rings is 1. The van der Waals surface area contributed by atoms with E-state index in [1.807, 2.05) is 24.3 Å². The molecule has 0 unspecified atom stereocenters. The Hall–Kier alpha value is -3.02. The Bertz CT molecular complexity index is 1210. The van der Waals surface area contributed by atoms with E-state index < -0.39 is 10.2 Å². The molecule has 3 N–H and O–H groups in total. The highest BCUT2D eigenvalue weighted by atomic mass is 32.2. The van der Waals surface area contributed by atoms with Crippen molar-refractivity contribution < 1.29 is 17.9 Å². The highest BCUT2D eigenvalue weighted by Crippen LogP contribution is 2.37. The van der Waals surface area contributed by atoms with Gasteiger partial charge in [0.25, 0.3) is 10.2 Å². The molecule has 11 heteroatoms. The zero-order valence-corrected chi connectivity index (χ0v) is 19.5. The molecular formula is C22H28N6O4S. The normalized spacial score (nSPS) is 15.1. The first-order chi connectivity index (χ1) is 15.9. The van der Waals surface area contributed by atoms with Crippen molar-refractivity contribution in [3.05, 3.63) is 36.7 Å². The lowest BCUT2D eigenvalue weighted by atomic mass is 9.93. The molecule has 10 nitrogen and oxygen atoms in total. The second kappa shape index (κ2) is 9.86. The van der Waals surface area contributed by atoms with Crippen molar-refractivity contribution in [1.82, 2.24) is 19.7 Å². The average molecular weight is 473 g/mol. The summed E-state index contributed by atoms with van der Waals surface area (Å²) < 4.78 is 35.6. The largest absolute Gasteiger partial charge is 0.493 e.